The number of nitrogens with two attached hydrogens (primary N) is 1. The van der Waals surface area contributed by atoms with Gasteiger partial charge in [0.2, 0.25) is 0 Å². The number of nitrogens with one attached hydrogen (secondary N) is 1. The molecule has 0 aromatic carbocycles. The third-order valence-corrected chi connectivity index (χ3v) is 5.02. The van der Waals surface area contributed by atoms with E-state index in [1.165, 1.54) is 0 Å². The molecule has 106 valence electrons. The van der Waals surface area contributed by atoms with E-state index in [1.54, 1.807) is 11.3 Å². The van der Waals surface area contributed by atoms with Gasteiger partial charge in [-0.15, -0.1) is 11.3 Å². The van der Waals surface area contributed by atoms with Gasteiger partial charge >= 0.3 is 0 Å². The van der Waals surface area contributed by atoms with Gasteiger partial charge in [0, 0.05) is 35.8 Å². The van der Waals surface area contributed by atoms with Crippen LogP contribution in [0.3, 0.4) is 0 Å². The predicted octanol–water partition coefficient (Wildman–Crippen LogP) is 1.50. The third-order valence-electron chi connectivity index (χ3n) is 4.25. The summed E-state index contributed by atoms with van der Waals surface area (Å²) in [5.41, 5.74) is 4.06. The van der Waals surface area contributed by atoms with Crippen molar-refractivity contribution in [3.8, 4) is 0 Å². The Labute approximate surface area is 118 Å². The maximum absolute atomic E-state index is 5.78. The minimum Gasteiger partial charge on any atom is -0.302 e. The molecule has 2 heterocycles. The van der Waals surface area contributed by atoms with Gasteiger partial charge in [-0.3, -0.25) is 15.7 Å². The van der Waals surface area contributed by atoms with E-state index in [4.69, 9.17) is 5.84 Å². The molecule has 0 aliphatic carbocycles. The average Bonchev–Trinajstić information content (AvgIpc) is 2.95. The molecule has 0 aliphatic heterocycles. The molecule has 19 heavy (non-hydrogen) atoms. The number of hydrogen-bond acceptors (Lipinski definition) is 5. The monoisotopic (exact) mass is 281 g/mol. The molecule has 0 aliphatic rings. The smallest absolute Gasteiger partial charge is 0.193 e. The fourth-order valence-corrected chi connectivity index (χ4v) is 3.14. The van der Waals surface area contributed by atoms with E-state index in [9.17, 15) is 0 Å². The highest BCUT2D eigenvalue weighted by atomic mass is 32.1. The summed E-state index contributed by atoms with van der Waals surface area (Å²) in [4.78, 5) is 7.90. The van der Waals surface area contributed by atoms with Crippen LogP contribution in [0.4, 0.5) is 0 Å². The molecule has 5 nitrogen and oxygen atoms in total. The molecule has 0 saturated carbocycles. The maximum Gasteiger partial charge on any atom is 0.193 e. The van der Waals surface area contributed by atoms with E-state index >= 15 is 0 Å². The molecular weight excluding hydrogens is 258 g/mol. The van der Waals surface area contributed by atoms with Crippen LogP contribution in [0.25, 0.3) is 4.96 Å². The van der Waals surface area contributed by atoms with E-state index in [0.29, 0.717) is 0 Å². The van der Waals surface area contributed by atoms with Gasteiger partial charge in [0.25, 0.3) is 0 Å². The van der Waals surface area contributed by atoms with E-state index in [2.05, 4.69) is 53.9 Å². The van der Waals surface area contributed by atoms with E-state index in [1.807, 2.05) is 11.6 Å². The van der Waals surface area contributed by atoms with Gasteiger partial charge in [-0.1, -0.05) is 6.92 Å². The van der Waals surface area contributed by atoms with Gasteiger partial charge in [0.05, 0.1) is 5.69 Å². The number of hydrogen-bond donors (Lipinski definition) is 2. The normalized spacial score (nSPS) is 16.9. The Morgan fingerprint density at radius 3 is 2.84 bits per heavy atom. The van der Waals surface area contributed by atoms with Crippen molar-refractivity contribution in [1.82, 2.24) is 19.7 Å². The number of hydrazine groups is 1. The number of likely N-dealkylation sites (N-methyl/N-ethyl adjacent to an activating group) is 1. The Kier molecular flexibility index (Phi) is 4.25. The molecule has 2 aromatic rings. The molecule has 2 unspecified atom stereocenters. The topological polar surface area (TPSA) is 58.6 Å². The van der Waals surface area contributed by atoms with Crippen LogP contribution in [0.15, 0.2) is 17.8 Å². The van der Waals surface area contributed by atoms with Gasteiger partial charge in [-0.2, -0.15) is 0 Å². The summed E-state index contributed by atoms with van der Waals surface area (Å²) in [5.74, 6) is 5.78. The first kappa shape index (κ1) is 14.5. The molecule has 2 atom stereocenters. The van der Waals surface area contributed by atoms with Crippen LogP contribution >= 0.6 is 11.3 Å². The second kappa shape index (κ2) is 5.58. The Morgan fingerprint density at radius 2 is 2.32 bits per heavy atom. The summed E-state index contributed by atoms with van der Waals surface area (Å²) in [6, 6.07) is 0.164. The van der Waals surface area contributed by atoms with Crippen LogP contribution in [-0.2, 0) is 6.42 Å². The van der Waals surface area contributed by atoms with E-state index < -0.39 is 0 Å². The fourth-order valence-electron chi connectivity index (χ4n) is 2.42. The summed E-state index contributed by atoms with van der Waals surface area (Å²) in [5, 5.41) is 2.04. The summed E-state index contributed by atoms with van der Waals surface area (Å²) >= 11 is 1.65. The number of rotatable bonds is 6. The Hall–Kier alpha value is -0.950. The molecular formula is C13H23N5S. The first-order chi connectivity index (χ1) is 9.01. The fraction of sp³-hybridized carbons (Fsp3) is 0.615. The highest BCUT2D eigenvalue weighted by Gasteiger charge is 2.34. The number of imidazole rings is 1. The van der Waals surface area contributed by atoms with E-state index in [0.717, 1.165) is 23.5 Å². The number of thiazole rings is 1. The summed E-state index contributed by atoms with van der Waals surface area (Å²) in [6.45, 7) is 4.42. The van der Waals surface area contributed by atoms with Crippen molar-refractivity contribution in [1.29, 1.82) is 0 Å². The van der Waals surface area contributed by atoms with Crippen molar-refractivity contribution in [2.24, 2.45) is 5.84 Å². The van der Waals surface area contributed by atoms with Crippen LogP contribution in [0.5, 0.6) is 0 Å². The molecule has 0 fully saturated rings. The number of nitrogens with zero attached hydrogens (tertiary/aromatic N) is 3. The van der Waals surface area contributed by atoms with Crippen LogP contribution < -0.4 is 11.3 Å². The van der Waals surface area contributed by atoms with Crippen molar-refractivity contribution < 1.29 is 0 Å². The largest absolute Gasteiger partial charge is 0.302 e. The van der Waals surface area contributed by atoms with Gasteiger partial charge in [0.1, 0.15) is 0 Å². The second-order valence-corrected chi connectivity index (χ2v) is 6.23. The van der Waals surface area contributed by atoms with E-state index in [-0.39, 0.29) is 11.6 Å². The Balaban J connectivity index is 2.20. The van der Waals surface area contributed by atoms with Gasteiger partial charge in [-0.25, -0.2) is 4.98 Å². The molecule has 6 heteroatoms. The van der Waals surface area contributed by atoms with Crippen molar-refractivity contribution in [3.05, 3.63) is 23.5 Å². The van der Waals surface area contributed by atoms with Crippen molar-refractivity contribution in [3.63, 3.8) is 0 Å². The van der Waals surface area contributed by atoms with Crippen LogP contribution in [0.2, 0.25) is 0 Å². The minimum absolute atomic E-state index is 0.00575. The zero-order valence-electron chi connectivity index (χ0n) is 12.1. The molecule has 0 radical (unpaired) electrons. The van der Waals surface area contributed by atoms with Crippen molar-refractivity contribution in [2.75, 3.05) is 14.1 Å². The Morgan fingerprint density at radius 1 is 1.58 bits per heavy atom. The highest BCUT2D eigenvalue weighted by Crippen LogP contribution is 2.24. The lowest BCUT2D eigenvalue weighted by Gasteiger charge is -2.42. The molecule has 2 aromatic heterocycles. The quantitative estimate of drug-likeness (QED) is 0.622. The third kappa shape index (κ3) is 2.67. The van der Waals surface area contributed by atoms with Gasteiger partial charge < -0.3 is 4.90 Å². The SMILES string of the molecule is CCC(C)(C(Cc1cn2ccsc2n1)NN)N(C)C. The second-order valence-electron chi connectivity index (χ2n) is 5.35. The van der Waals surface area contributed by atoms with Crippen LogP contribution in [0, 0.1) is 0 Å². The summed E-state index contributed by atoms with van der Waals surface area (Å²) < 4.78 is 2.06. The lowest BCUT2D eigenvalue weighted by atomic mass is 9.85. The average molecular weight is 281 g/mol. The summed E-state index contributed by atoms with van der Waals surface area (Å²) in [7, 11) is 4.19. The first-order valence-corrected chi connectivity index (χ1v) is 7.44. The molecule has 0 spiro atoms. The maximum atomic E-state index is 5.78. The zero-order chi connectivity index (χ0) is 14.0. The molecule has 0 saturated heterocycles. The minimum atomic E-state index is 0.00575. The predicted molar refractivity (Wildman–Crippen MR) is 80.3 cm³/mol. The molecule has 0 bridgehead atoms. The van der Waals surface area contributed by atoms with Crippen molar-refractivity contribution >= 4 is 16.3 Å². The van der Waals surface area contributed by atoms with Crippen molar-refractivity contribution in [2.45, 2.75) is 38.3 Å². The lowest BCUT2D eigenvalue weighted by Crippen LogP contribution is -2.59. The Bertz CT molecular complexity index is 503. The highest BCUT2D eigenvalue weighted by molar-refractivity contribution is 7.15. The lowest BCUT2D eigenvalue weighted by molar-refractivity contribution is 0.112. The molecule has 2 rings (SSSR count). The van der Waals surface area contributed by atoms with Crippen LogP contribution in [-0.4, -0.2) is 40.0 Å². The first-order valence-electron chi connectivity index (χ1n) is 6.56. The summed E-state index contributed by atoms with van der Waals surface area (Å²) in [6.07, 6.45) is 5.97. The molecule has 0 amide bonds. The standard InChI is InChI=1S/C13H23N5S/c1-5-13(2,17(3)4)11(16-14)8-10-9-18-6-7-19-12(18)15-10/h6-7,9,11,16H,5,8,14H2,1-4H3. The molecule has 3 N–H and O–H groups in total. The van der Waals surface area contributed by atoms with Gasteiger partial charge in [0.15, 0.2) is 4.96 Å². The zero-order valence-corrected chi connectivity index (χ0v) is 12.9. The van der Waals surface area contributed by atoms with Crippen LogP contribution in [0.1, 0.15) is 26.0 Å². The number of fused-ring (bicyclic) bond motifs is 1. The number of aromatic nitrogens is 2. The van der Waals surface area contributed by atoms with Gasteiger partial charge in [-0.05, 0) is 27.4 Å².